The van der Waals surface area contributed by atoms with Crippen LogP contribution in [0.25, 0.3) is 17.2 Å². The molecule has 1 aliphatic carbocycles. The van der Waals surface area contributed by atoms with Crippen LogP contribution >= 0.6 is 0 Å². The zero-order chi connectivity index (χ0) is 13.1. The van der Waals surface area contributed by atoms with Crippen molar-refractivity contribution >= 4 is 11.8 Å². The van der Waals surface area contributed by atoms with E-state index in [-0.39, 0.29) is 0 Å². The van der Waals surface area contributed by atoms with Crippen LogP contribution < -0.4 is 10.6 Å². The van der Waals surface area contributed by atoms with Crippen LogP contribution in [-0.2, 0) is 0 Å². The molecule has 1 aliphatic heterocycles. The molecule has 0 unspecified atom stereocenters. The van der Waals surface area contributed by atoms with E-state index in [4.69, 9.17) is 4.99 Å². The van der Waals surface area contributed by atoms with Gasteiger partial charge in [-0.2, -0.15) is 0 Å². The van der Waals surface area contributed by atoms with Crippen molar-refractivity contribution in [1.82, 2.24) is 0 Å². The molecule has 0 aromatic heterocycles. The van der Waals surface area contributed by atoms with Gasteiger partial charge in [0.25, 0.3) is 0 Å². The summed E-state index contributed by atoms with van der Waals surface area (Å²) in [4.78, 5) is 4.73. The summed E-state index contributed by atoms with van der Waals surface area (Å²) in [5, 5.41) is 4.93. The number of rotatable bonds is 0. The first-order chi connectivity index (χ1) is 9.90. The molecule has 0 amide bonds. The van der Waals surface area contributed by atoms with Crippen LogP contribution in [0.3, 0.4) is 0 Å². The molecule has 0 bridgehead atoms. The Morgan fingerprint density at radius 2 is 1.85 bits per heavy atom. The number of hydrogen-bond donors (Lipinski definition) is 0. The third-order valence-electron chi connectivity index (χ3n) is 4.10. The first kappa shape index (κ1) is 10.2. The Balaban J connectivity index is 1.98. The molecule has 0 atom stereocenters. The molecule has 0 N–H and O–H groups in total. The molecule has 5 rings (SSSR count). The lowest BCUT2D eigenvalue weighted by atomic mass is 10.0. The highest BCUT2D eigenvalue weighted by Gasteiger charge is 2.14. The van der Waals surface area contributed by atoms with Crippen molar-refractivity contribution < 1.29 is 0 Å². The second kappa shape index (κ2) is 3.45. The lowest BCUT2D eigenvalue weighted by Gasteiger charge is -1.99. The minimum atomic E-state index is 1.08. The van der Waals surface area contributed by atoms with E-state index in [1.54, 1.807) is 0 Å². The van der Waals surface area contributed by atoms with Crippen molar-refractivity contribution in [3.8, 4) is 11.1 Å². The predicted molar refractivity (Wildman–Crippen MR) is 78.8 cm³/mol. The fraction of sp³-hybridized carbons (Fsp3) is 0. The molecule has 3 aromatic rings. The van der Waals surface area contributed by atoms with Gasteiger partial charge in [0.15, 0.2) is 0 Å². The lowest BCUT2D eigenvalue weighted by molar-refractivity contribution is 1.39. The van der Waals surface area contributed by atoms with E-state index in [0.29, 0.717) is 0 Å². The molecule has 0 spiro atoms. The average Bonchev–Trinajstić information content (AvgIpc) is 3.02. The fourth-order valence-electron chi connectivity index (χ4n) is 3.17. The summed E-state index contributed by atoms with van der Waals surface area (Å²) in [6, 6.07) is 22.1. The van der Waals surface area contributed by atoms with Gasteiger partial charge in [-0.3, -0.25) is 0 Å². The normalized spacial score (nSPS) is 12.8. The summed E-state index contributed by atoms with van der Waals surface area (Å²) in [7, 11) is 0. The second-order valence-electron chi connectivity index (χ2n) is 5.24. The van der Waals surface area contributed by atoms with Crippen molar-refractivity contribution in [3.05, 3.63) is 87.2 Å². The van der Waals surface area contributed by atoms with Gasteiger partial charge < -0.3 is 0 Å². The monoisotopic (exact) mass is 252 g/mol. The Labute approximate surface area is 115 Å². The first-order valence-corrected chi connectivity index (χ1v) is 6.74. The van der Waals surface area contributed by atoms with E-state index in [9.17, 15) is 0 Å². The minimum Gasteiger partial charge on any atom is -0.248 e. The third-order valence-corrected chi connectivity index (χ3v) is 4.10. The molecule has 20 heavy (non-hydrogen) atoms. The molecule has 0 saturated heterocycles. The summed E-state index contributed by atoms with van der Waals surface area (Å²) in [5.74, 6) is 0. The quantitative estimate of drug-likeness (QED) is 0.402. The molecular weight excluding hydrogens is 242 g/mol. The van der Waals surface area contributed by atoms with Crippen LogP contribution in [0, 0.1) is 16.5 Å². The smallest absolute Gasteiger partial charge is 0.0722 e. The van der Waals surface area contributed by atoms with Crippen molar-refractivity contribution in [2.45, 2.75) is 0 Å². The molecule has 1 heteroatoms. The molecule has 1 radical (unpaired) electrons. The van der Waals surface area contributed by atoms with Gasteiger partial charge in [0.05, 0.1) is 11.0 Å². The van der Waals surface area contributed by atoms with Crippen LogP contribution in [0.15, 0.2) is 59.6 Å². The Hall–Kier alpha value is -2.67. The van der Waals surface area contributed by atoms with Gasteiger partial charge in [0.2, 0.25) is 0 Å². The largest absolute Gasteiger partial charge is 0.248 e. The van der Waals surface area contributed by atoms with E-state index in [0.717, 1.165) is 11.0 Å². The third kappa shape index (κ3) is 1.19. The van der Waals surface area contributed by atoms with Gasteiger partial charge in [-0.05, 0) is 57.6 Å². The minimum absolute atomic E-state index is 1.08. The molecule has 1 heterocycles. The Morgan fingerprint density at radius 3 is 2.85 bits per heavy atom. The zero-order valence-corrected chi connectivity index (χ0v) is 10.7. The highest BCUT2D eigenvalue weighted by molar-refractivity contribution is 5.80. The summed E-state index contributed by atoms with van der Waals surface area (Å²) in [6.07, 6.45) is 2.22. The summed E-state index contributed by atoms with van der Waals surface area (Å²) >= 11 is 0. The molecular formula is C19H10N. The molecule has 0 saturated carbocycles. The molecule has 2 aliphatic rings. The van der Waals surface area contributed by atoms with E-state index >= 15 is 0 Å². The maximum Gasteiger partial charge on any atom is 0.0722 e. The van der Waals surface area contributed by atoms with Gasteiger partial charge >= 0.3 is 0 Å². The fourth-order valence-corrected chi connectivity index (χ4v) is 3.17. The van der Waals surface area contributed by atoms with Gasteiger partial charge in [-0.25, -0.2) is 4.99 Å². The average molecular weight is 252 g/mol. The summed E-state index contributed by atoms with van der Waals surface area (Å²) in [5.41, 5.74) is 4.82. The first-order valence-electron chi connectivity index (χ1n) is 6.74. The van der Waals surface area contributed by atoms with Crippen LogP contribution in [0.2, 0.25) is 0 Å². The standard InChI is InChI=1S/C19H10N/c1-2-6-14-12(5-1)9-13-10-19-17(11-16(13)14)15-7-3-4-8-18(15)20-19/h2-11H. The summed E-state index contributed by atoms with van der Waals surface area (Å²) < 4.78 is 0. The Morgan fingerprint density at radius 1 is 0.900 bits per heavy atom. The van der Waals surface area contributed by atoms with Crippen molar-refractivity contribution in [1.29, 1.82) is 0 Å². The Bertz CT molecular complexity index is 1090. The SMILES string of the molecule is [c]1ccc2c(c1)=Cc1cc3c(cc1=2)-c1ccccc1N=3. The zero-order valence-electron chi connectivity index (χ0n) is 10.7. The summed E-state index contributed by atoms with van der Waals surface area (Å²) in [6.45, 7) is 0. The molecule has 1 nitrogen and oxygen atoms in total. The maximum atomic E-state index is 4.73. The van der Waals surface area contributed by atoms with Gasteiger partial charge in [0.1, 0.15) is 0 Å². The number of fused-ring (bicyclic) bond motifs is 5. The van der Waals surface area contributed by atoms with E-state index in [1.165, 1.54) is 32.3 Å². The number of hydrogen-bond acceptors (Lipinski definition) is 1. The number of benzene rings is 3. The predicted octanol–water partition coefficient (Wildman–Crippen LogP) is 2.85. The second-order valence-corrected chi connectivity index (χ2v) is 5.24. The highest BCUT2D eigenvalue weighted by Crippen LogP contribution is 2.32. The van der Waals surface area contributed by atoms with Crippen LogP contribution in [0.5, 0.6) is 0 Å². The van der Waals surface area contributed by atoms with Gasteiger partial charge in [-0.1, -0.05) is 30.3 Å². The molecule has 91 valence electrons. The van der Waals surface area contributed by atoms with E-state index in [2.05, 4.69) is 48.5 Å². The van der Waals surface area contributed by atoms with Crippen molar-refractivity contribution in [2.75, 3.05) is 0 Å². The maximum absolute atomic E-state index is 4.73. The van der Waals surface area contributed by atoms with E-state index < -0.39 is 0 Å². The van der Waals surface area contributed by atoms with Crippen LogP contribution in [-0.4, -0.2) is 0 Å². The Kier molecular flexibility index (Phi) is 1.75. The van der Waals surface area contributed by atoms with Crippen LogP contribution in [0.4, 0.5) is 5.69 Å². The number of para-hydroxylation sites is 1. The molecule has 0 fully saturated rings. The van der Waals surface area contributed by atoms with Gasteiger partial charge in [0, 0.05) is 11.1 Å². The topological polar surface area (TPSA) is 12.4 Å². The van der Waals surface area contributed by atoms with E-state index in [1.807, 2.05) is 18.2 Å². The van der Waals surface area contributed by atoms with Crippen molar-refractivity contribution in [3.63, 3.8) is 0 Å². The number of nitrogens with zero attached hydrogens (tertiary/aromatic N) is 1. The highest BCUT2D eigenvalue weighted by atomic mass is 14.8. The van der Waals surface area contributed by atoms with Gasteiger partial charge in [-0.15, -0.1) is 0 Å². The molecule has 3 aromatic carbocycles. The van der Waals surface area contributed by atoms with Crippen molar-refractivity contribution in [2.24, 2.45) is 4.99 Å². The lowest BCUT2D eigenvalue weighted by Crippen LogP contribution is -2.01. The van der Waals surface area contributed by atoms with Crippen LogP contribution in [0.1, 0.15) is 5.56 Å².